The molecule has 0 radical (unpaired) electrons. The Morgan fingerprint density at radius 3 is 2.45 bits per heavy atom. The fraction of sp³-hybridized carbons (Fsp3) is 0.304. The monoisotopic (exact) mass is 426 g/mol. The minimum atomic E-state index is -0.563. The van der Waals surface area contributed by atoms with E-state index in [0.717, 1.165) is 11.3 Å². The fourth-order valence-corrected chi connectivity index (χ4v) is 3.41. The molecule has 3 rings (SSSR count). The van der Waals surface area contributed by atoms with E-state index in [4.69, 9.17) is 0 Å². The second kappa shape index (κ2) is 10.2. The van der Waals surface area contributed by atoms with Crippen molar-refractivity contribution in [2.24, 2.45) is 4.99 Å². The van der Waals surface area contributed by atoms with Gasteiger partial charge in [-0.3, -0.25) is 4.99 Å². The largest absolute Gasteiger partial charge is 0.354 e. The SMILES string of the molecule is CN=C(NCC(c1c(F)cccc1F)N(C)C)NC(C)c1cccc(-n2cccn2)c1. The molecule has 2 N–H and O–H groups in total. The van der Waals surface area contributed by atoms with Crippen LogP contribution in [0.1, 0.15) is 30.1 Å². The van der Waals surface area contributed by atoms with Gasteiger partial charge in [0.05, 0.1) is 17.8 Å². The Bertz CT molecular complexity index is 996. The van der Waals surface area contributed by atoms with Crippen LogP contribution >= 0.6 is 0 Å². The summed E-state index contributed by atoms with van der Waals surface area (Å²) in [5.41, 5.74) is 2.05. The molecular formula is C23H28F2N6. The first-order chi connectivity index (χ1) is 14.9. The van der Waals surface area contributed by atoms with Gasteiger partial charge in [-0.15, -0.1) is 0 Å². The topological polar surface area (TPSA) is 57.5 Å². The first-order valence-electron chi connectivity index (χ1n) is 10.1. The molecular weight excluding hydrogens is 398 g/mol. The van der Waals surface area contributed by atoms with Crippen LogP contribution in [0, 0.1) is 11.6 Å². The van der Waals surface area contributed by atoms with Gasteiger partial charge in [-0.1, -0.05) is 18.2 Å². The van der Waals surface area contributed by atoms with Crippen LogP contribution < -0.4 is 10.6 Å². The summed E-state index contributed by atoms with van der Waals surface area (Å²) < 4.78 is 30.4. The Morgan fingerprint density at radius 2 is 1.84 bits per heavy atom. The molecule has 6 nitrogen and oxygen atoms in total. The molecule has 2 unspecified atom stereocenters. The lowest BCUT2D eigenvalue weighted by molar-refractivity contribution is 0.282. The second-order valence-electron chi connectivity index (χ2n) is 7.48. The summed E-state index contributed by atoms with van der Waals surface area (Å²) in [5.74, 6) is -0.583. The van der Waals surface area contributed by atoms with Crippen LogP contribution in [0.25, 0.3) is 5.69 Å². The molecule has 0 saturated heterocycles. The van der Waals surface area contributed by atoms with E-state index in [-0.39, 0.29) is 18.2 Å². The van der Waals surface area contributed by atoms with Gasteiger partial charge in [0.25, 0.3) is 0 Å². The zero-order chi connectivity index (χ0) is 22.4. The Labute approximate surface area is 181 Å². The molecule has 2 aromatic carbocycles. The molecule has 0 fully saturated rings. The van der Waals surface area contributed by atoms with E-state index in [1.807, 2.05) is 37.4 Å². The van der Waals surface area contributed by atoms with Crippen LogP contribution in [0.4, 0.5) is 8.78 Å². The number of likely N-dealkylation sites (N-methyl/N-ethyl adjacent to an activating group) is 1. The van der Waals surface area contributed by atoms with Crippen LogP contribution in [0.3, 0.4) is 0 Å². The molecule has 0 spiro atoms. The number of rotatable bonds is 7. The van der Waals surface area contributed by atoms with E-state index in [0.29, 0.717) is 5.96 Å². The zero-order valence-corrected chi connectivity index (χ0v) is 18.2. The summed E-state index contributed by atoms with van der Waals surface area (Å²) in [6.07, 6.45) is 3.63. The first kappa shape index (κ1) is 22.4. The third kappa shape index (κ3) is 5.46. The lowest BCUT2D eigenvalue weighted by atomic mass is 10.0. The average molecular weight is 427 g/mol. The summed E-state index contributed by atoms with van der Waals surface area (Å²) in [7, 11) is 5.24. The molecule has 0 amide bonds. The summed E-state index contributed by atoms with van der Waals surface area (Å²) in [6.45, 7) is 2.31. The van der Waals surface area contributed by atoms with Crippen molar-refractivity contribution in [1.82, 2.24) is 25.3 Å². The van der Waals surface area contributed by atoms with Gasteiger partial charge in [-0.05, 0) is 56.9 Å². The van der Waals surface area contributed by atoms with E-state index in [1.54, 1.807) is 36.9 Å². The summed E-state index contributed by atoms with van der Waals surface area (Å²) in [4.78, 5) is 6.04. The third-order valence-corrected chi connectivity index (χ3v) is 5.14. The van der Waals surface area contributed by atoms with Crippen LogP contribution in [0.5, 0.6) is 0 Å². The normalized spacial score (nSPS) is 13.8. The molecule has 0 aliphatic carbocycles. The molecule has 31 heavy (non-hydrogen) atoms. The predicted molar refractivity (Wildman–Crippen MR) is 119 cm³/mol. The highest BCUT2D eigenvalue weighted by Gasteiger charge is 2.22. The quantitative estimate of drug-likeness (QED) is 0.447. The first-order valence-corrected chi connectivity index (χ1v) is 10.1. The van der Waals surface area contributed by atoms with Gasteiger partial charge in [-0.2, -0.15) is 5.10 Å². The number of aromatic nitrogens is 2. The highest BCUT2D eigenvalue weighted by Crippen LogP contribution is 2.24. The Hall–Kier alpha value is -3.26. The van der Waals surface area contributed by atoms with Crippen molar-refractivity contribution in [3.05, 3.63) is 83.7 Å². The number of hydrogen-bond acceptors (Lipinski definition) is 3. The number of nitrogens with one attached hydrogen (secondary N) is 2. The van der Waals surface area contributed by atoms with Gasteiger partial charge >= 0.3 is 0 Å². The molecule has 2 atom stereocenters. The van der Waals surface area contributed by atoms with Crippen molar-refractivity contribution in [2.75, 3.05) is 27.7 Å². The van der Waals surface area contributed by atoms with Crippen LogP contribution in [-0.4, -0.2) is 48.3 Å². The van der Waals surface area contributed by atoms with Gasteiger partial charge in [0.1, 0.15) is 11.6 Å². The van der Waals surface area contributed by atoms with Crippen molar-refractivity contribution in [3.63, 3.8) is 0 Å². The molecule has 0 bridgehead atoms. The van der Waals surface area contributed by atoms with Crippen molar-refractivity contribution >= 4 is 5.96 Å². The number of benzene rings is 2. The van der Waals surface area contributed by atoms with Crippen LogP contribution in [0.15, 0.2) is 65.9 Å². The molecule has 1 heterocycles. The van der Waals surface area contributed by atoms with E-state index in [2.05, 4.69) is 26.8 Å². The van der Waals surface area contributed by atoms with Gasteiger partial charge in [0.15, 0.2) is 5.96 Å². The maximum absolute atomic E-state index is 14.3. The predicted octanol–water partition coefficient (Wildman–Crippen LogP) is 3.68. The maximum atomic E-state index is 14.3. The average Bonchev–Trinajstić information content (AvgIpc) is 3.29. The van der Waals surface area contributed by atoms with Gasteiger partial charge in [-0.25, -0.2) is 13.5 Å². The van der Waals surface area contributed by atoms with Crippen molar-refractivity contribution in [1.29, 1.82) is 0 Å². The molecule has 0 saturated carbocycles. The minimum absolute atomic E-state index is 0.0374. The number of halogens is 2. The minimum Gasteiger partial charge on any atom is -0.354 e. The lowest BCUT2D eigenvalue weighted by Gasteiger charge is -2.27. The lowest BCUT2D eigenvalue weighted by Crippen LogP contribution is -2.43. The van der Waals surface area contributed by atoms with E-state index >= 15 is 0 Å². The Kier molecular flexibility index (Phi) is 7.36. The Morgan fingerprint density at radius 1 is 1.13 bits per heavy atom. The van der Waals surface area contributed by atoms with Crippen molar-refractivity contribution in [3.8, 4) is 5.69 Å². The fourth-order valence-electron chi connectivity index (χ4n) is 3.41. The van der Waals surface area contributed by atoms with Gasteiger partial charge < -0.3 is 15.5 Å². The second-order valence-corrected chi connectivity index (χ2v) is 7.48. The van der Waals surface area contributed by atoms with Crippen LogP contribution in [0.2, 0.25) is 0 Å². The smallest absolute Gasteiger partial charge is 0.191 e. The summed E-state index contributed by atoms with van der Waals surface area (Å²) >= 11 is 0. The van der Waals surface area contributed by atoms with Gasteiger partial charge in [0.2, 0.25) is 0 Å². The van der Waals surface area contributed by atoms with Crippen molar-refractivity contribution in [2.45, 2.75) is 19.0 Å². The molecule has 164 valence electrons. The molecule has 0 aliphatic heterocycles. The van der Waals surface area contributed by atoms with E-state index in [1.165, 1.54) is 18.2 Å². The summed E-state index contributed by atoms with van der Waals surface area (Å²) in [6, 6.07) is 13.3. The number of aliphatic imine (C=N–C) groups is 1. The van der Waals surface area contributed by atoms with E-state index < -0.39 is 17.7 Å². The number of hydrogen-bond donors (Lipinski definition) is 2. The third-order valence-electron chi connectivity index (χ3n) is 5.14. The van der Waals surface area contributed by atoms with Crippen LogP contribution in [-0.2, 0) is 0 Å². The highest BCUT2D eigenvalue weighted by atomic mass is 19.1. The number of guanidine groups is 1. The highest BCUT2D eigenvalue weighted by molar-refractivity contribution is 5.80. The molecule has 8 heteroatoms. The van der Waals surface area contributed by atoms with Crippen molar-refractivity contribution < 1.29 is 8.78 Å². The molecule has 3 aromatic rings. The zero-order valence-electron chi connectivity index (χ0n) is 18.2. The van der Waals surface area contributed by atoms with E-state index in [9.17, 15) is 8.78 Å². The Balaban J connectivity index is 1.69. The molecule has 0 aliphatic rings. The summed E-state index contributed by atoms with van der Waals surface area (Å²) in [5, 5.41) is 10.8. The molecule has 1 aromatic heterocycles. The number of nitrogens with zero attached hydrogens (tertiary/aromatic N) is 4. The maximum Gasteiger partial charge on any atom is 0.191 e. The standard InChI is InChI=1S/C23H28F2N6/c1-16(17-8-5-9-18(14-17)31-13-7-12-28-31)29-23(26-2)27-15-21(30(3)4)22-19(24)10-6-11-20(22)25/h5-14,16,21H,15H2,1-4H3,(H2,26,27,29). The van der Waals surface area contributed by atoms with Gasteiger partial charge in [0, 0.05) is 31.5 Å².